The highest BCUT2D eigenvalue weighted by Crippen LogP contribution is 2.20. The number of nitrogens with one attached hydrogen (secondary N) is 2. The monoisotopic (exact) mass is 328 g/mol. The Morgan fingerprint density at radius 2 is 2.17 bits per heavy atom. The van der Waals surface area contributed by atoms with Crippen LogP contribution in [-0.4, -0.2) is 16.0 Å². The molecule has 0 fully saturated rings. The fraction of sp³-hybridized carbons (Fsp3) is 0.0625. The molecule has 2 rings (SSSR count). The average Bonchev–Trinajstić information content (AvgIpc) is 2.51. The number of benzene rings is 1. The van der Waals surface area contributed by atoms with Gasteiger partial charge in [0.1, 0.15) is 23.2 Å². The van der Waals surface area contributed by atoms with Crippen LogP contribution < -0.4 is 10.6 Å². The number of phenolic OH excluding ortho intramolecular Hbond substituents is 1. The first-order valence-corrected chi connectivity index (χ1v) is 6.96. The predicted octanol–water partition coefficient (Wildman–Crippen LogP) is 3.21. The van der Waals surface area contributed by atoms with Crippen LogP contribution in [0.25, 0.3) is 0 Å². The highest BCUT2D eigenvalue weighted by molar-refractivity contribution is 6.30. The number of carbonyl (C=O) groups excluding carboxylic acids is 1. The van der Waals surface area contributed by atoms with Crippen molar-refractivity contribution in [2.24, 2.45) is 0 Å². The molecule has 0 bridgehead atoms. The molecule has 116 valence electrons. The van der Waals surface area contributed by atoms with Crippen LogP contribution in [0.3, 0.4) is 0 Å². The number of aromatic nitrogens is 1. The third-order valence-electron chi connectivity index (χ3n) is 2.91. The number of halogens is 1. The third-order valence-corrected chi connectivity index (χ3v) is 3.14. The molecule has 0 saturated carbocycles. The maximum atomic E-state index is 12.1. The molecule has 1 aromatic heterocycles. The fourth-order valence-corrected chi connectivity index (χ4v) is 1.92. The maximum absolute atomic E-state index is 12.1. The third kappa shape index (κ3) is 4.46. The molecule has 0 radical (unpaired) electrons. The Morgan fingerprint density at radius 3 is 2.83 bits per heavy atom. The lowest BCUT2D eigenvalue weighted by Gasteiger charge is -2.08. The number of phenols is 1. The molecule has 0 saturated heterocycles. The second-order valence-corrected chi connectivity index (χ2v) is 5.06. The van der Waals surface area contributed by atoms with Gasteiger partial charge in [0.05, 0.1) is 0 Å². The summed E-state index contributed by atoms with van der Waals surface area (Å²) < 4.78 is 0. The highest BCUT2D eigenvalue weighted by atomic mass is 35.5. The minimum absolute atomic E-state index is 0.102. The molecule has 1 heterocycles. The Balaban J connectivity index is 2.12. The molecule has 0 aliphatic rings. The molecule has 3 N–H and O–H groups in total. The van der Waals surface area contributed by atoms with Crippen LogP contribution in [0.4, 0.5) is 11.5 Å². The van der Waals surface area contributed by atoms with Crippen LogP contribution in [0.2, 0.25) is 5.02 Å². The van der Waals surface area contributed by atoms with Crippen molar-refractivity contribution in [2.45, 2.75) is 6.92 Å². The van der Waals surface area contributed by atoms with E-state index < -0.39 is 5.91 Å². The first kappa shape index (κ1) is 16.3. The van der Waals surface area contributed by atoms with E-state index in [1.807, 2.05) is 6.07 Å². The van der Waals surface area contributed by atoms with Crippen molar-refractivity contribution >= 4 is 29.0 Å². The van der Waals surface area contributed by atoms with Crippen molar-refractivity contribution in [1.29, 1.82) is 5.26 Å². The Hall–Kier alpha value is -3.04. The number of aryl methyl sites for hydroxylation is 1. The van der Waals surface area contributed by atoms with E-state index in [4.69, 9.17) is 16.9 Å². The lowest BCUT2D eigenvalue weighted by Crippen LogP contribution is -2.15. The van der Waals surface area contributed by atoms with Crippen molar-refractivity contribution in [3.63, 3.8) is 0 Å². The van der Waals surface area contributed by atoms with Gasteiger partial charge in [0.15, 0.2) is 0 Å². The number of nitriles is 1. The van der Waals surface area contributed by atoms with Gasteiger partial charge in [-0.2, -0.15) is 5.26 Å². The van der Waals surface area contributed by atoms with Crippen molar-refractivity contribution in [1.82, 2.24) is 4.98 Å². The fourth-order valence-electron chi connectivity index (χ4n) is 1.76. The summed E-state index contributed by atoms with van der Waals surface area (Å²) in [5.41, 5.74) is 1.06. The summed E-state index contributed by atoms with van der Waals surface area (Å²) in [7, 11) is 0. The van der Waals surface area contributed by atoms with Gasteiger partial charge < -0.3 is 15.7 Å². The molecule has 0 atom stereocenters. The van der Waals surface area contributed by atoms with Crippen LogP contribution >= 0.6 is 11.6 Å². The van der Waals surface area contributed by atoms with Crippen molar-refractivity contribution in [2.75, 3.05) is 10.6 Å². The zero-order valence-electron chi connectivity index (χ0n) is 12.2. The number of hydrogen-bond acceptors (Lipinski definition) is 5. The second-order valence-electron chi connectivity index (χ2n) is 4.63. The van der Waals surface area contributed by atoms with Crippen LogP contribution in [-0.2, 0) is 4.79 Å². The largest absolute Gasteiger partial charge is 0.508 e. The molecular formula is C16H13ClN4O2. The number of anilines is 2. The van der Waals surface area contributed by atoms with Gasteiger partial charge in [-0.1, -0.05) is 11.6 Å². The van der Waals surface area contributed by atoms with Crippen molar-refractivity contribution in [3.05, 3.63) is 58.9 Å². The molecule has 2 aromatic rings. The number of carbonyl (C=O) groups is 1. The van der Waals surface area contributed by atoms with Gasteiger partial charge in [0.2, 0.25) is 0 Å². The van der Waals surface area contributed by atoms with Gasteiger partial charge in [-0.25, -0.2) is 4.98 Å². The Bertz CT molecular complexity index is 812. The van der Waals surface area contributed by atoms with E-state index in [0.717, 1.165) is 0 Å². The standard InChI is InChI=1S/C16H13ClN4O2/c1-10-6-13(22)2-3-14(10)21-16(23)11(8-18)9-20-15-7-12(17)4-5-19-15/h2-7,9,22H,1H3,(H,19,20)(H,21,23)/b11-9-. The van der Waals surface area contributed by atoms with E-state index >= 15 is 0 Å². The summed E-state index contributed by atoms with van der Waals surface area (Å²) in [6, 6.07) is 9.52. The second kappa shape index (κ2) is 7.29. The number of nitrogens with zero attached hydrogens (tertiary/aromatic N) is 2. The zero-order chi connectivity index (χ0) is 16.8. The Morgan fingerprint density at radius 1 is 1.39 bits per heavy atom. The smallest absolute Gasteiger partial charge is 0.267 e. The Labute approximate surface area is 138 Å². The summed E-state index contributed by atoms with van der Waals surface area (Å²) >= 11 is 5.83. The summed E-state index contributed by atoms with van der Waals surface area (Å²) in [4.78, 5) is 16.1. The number of pyridine rings is 1. The van der Waals surface area contributed by atoms with E-state index in [1.54, 1.807) is 25.1 Å². The van der Waals surface area contributed by atoms with Crippen molar-refractivity contribution in [3.8, 4) is 11.8 Å². The molecule has 1 aromatic carbocycles. The van der Waals surface area contributed by atoms with Gasteiger partial charge >= 0.3 is 0 Å². The van der Waals surface area contributed by atoms with Gasteiger partial charge in [0, 0.05) is 23.1 Å². The Kier molecular flexibility index (Phi) is 5.18. The van der Waals surface area contributed by atoms with E-state index in [2.05, 4.69) is 15.6 Å². The number of rotatable bonds is 4. The molecule has 6 nitrogen and oxygen atoms in total. The molecule has 0 aliphatic carbocycles. The summed E-state index contributed by atoms with van der Waals surface area (Å²) in [6.07, 6.45) is 2.76. The minimum atomic E-state index is -0.573. The summed E-state index contributed by atoms with van der Waals surface area (Å²) in [5, 5.41) is 24.3. The van der Waals surface area contributed by atoms with Gasteiger partial charge in [0.25, 0.3) is 5.91 Å². The molecule has 1 amide bonds. The first-order valence-electron chi connectivity index (χ1n) is 6.59. The quantitative estimate of drug-likeness (QED) is 0.455. The normalized spacial score (nSPS) is 10.7. The molecular weight excluding hydrogens is 316 g/mol. The van der Waals surface area contributed by atoms with Crippen molar-refractivity contribution < 1.29 is 9.90 Å². The molecule has 23 heavy (non-hydrogen) atoms. The SMILES string of the molecule is Cc1cc(O)ccc1NC(=O)/C(C#N)=C\Nc1cc(Cl)ccn1. The van der Waals surface area contributed by atoms with E-state index in [-0.39, 0.29) is 11.3 Å². The van der Waals surface area contributed by atoms with Crippen LogP contribution in [0.5, 0.6) is 5.75 Å². The average molecular weight is 329 g/mol. The van der Waals surface area contributed by atoms with Crippen LogP contribution in [0.15, 0.2) is 48.3 Å². The number of hydrogen-bond donors (Lipinski definition) is 3. The lowest BCUT2D eigenvalue weighted by molar-refractivity contribution is -0.112. The van der Waals surface area contributed by atoms with Gasteiger partial charge in [-0.3, -0.25) is 4.79 Å². The van der Waals surface area contributed by atoms with Crippen LogP contribution in [0.1, 0.15) is 5.56 Å². The lowest BCUT2D eigenvalue weighted by atomic mass is 10.2. The molecule has 0 spiro atoms. The minimum Gasteiger partial charge on any atom is -0.508 e. The van der Waals surface area contributed by atoms with Crippen LogP contribution in [0, 0.1) is 18.3 Å². The van der Waals surface area contributed by atoms with Gasteiger partial charge in [-0.15, -0.1) is 0 Å². The highest BCUT2D eigenvalue weighted by Gasteiger charge is 2.11. The molecule has 7 heteroatoms. The van der Waals surface area contributed by atoms with Gasteiger partial charge in [-0.05, 0) is 42.8 Å². The maximum Gasteiger partial charge on any atom is 0.267 e. The molecule has 0 aliphatic heterocycles. The first-order chi connectivity index (χ1) is 11.0. The van der Waals surface area contributed by atoms with E-state index in [1.165, 1.54) is 24.5 Å². The molecule has 0 unspecified atom stereocenters. The van der Waals surface area contributed by atoms with E-state index in [0.29, 0.717) is 22.1 Å². The van der Waals surface area contributed by atoms with E-state index in [9.17, 15) is 9.90 Å². The summed E-state index contributed by atoms with van der Waals surface area (Å²) in [5.74, 6) is -0.0556. The summed E-state index contributed by atoms with van der Waals surface area (Å²) in [6.45, 7) is 1.74. The number of amides is 1. The zero-order valence-corrected chi connectivity index (χ0v) is 12.9. The topological polar surface area (TPSA) is 98.0 Å². The number of aromatic hydroxyl groups is 1. The predicted molar refractivity (Wildman–Crippen MR) is 88.0 cm³/mol.